The second-order valence-electron chi connectivity index (χ2n) is 8.64. The highest BCUT2D eigenvalue weighted by Gasteiger charge is 2.50. The Kier molecular flexibility index (Phi) is 4.29. The molecule has 2 aromatic heterocycles. The fourth-order valence-corrected chi connectivity index (χ4v) is 5.48. The summed E-state index contributed by atoms with van der Waals surface area (Å²) in [5.74, 6) is 0.934. The van der Waals surface area contributed by atoms with Crippen molar-refractivity contribution in [1.29, 1.82) is 0 Å². The van der Waals surface area contributed by atoms with Crippen LogP contribution in [0, 0.1) is 10.8 Å². The van der Waals surface area contributed by atoms with Crippen molar-refractivity contribution in [3.05, 3.63) is 24.5 Å². The van der Waals surface area contributed by atoms with Gasteiger partial charge in [-0.1, -0.05) is 32.5 Å². The van der Waals surface area contributed by atoms with Crippen LogP contribution in [0.25, 0.3) is 11.5 Å². The molecule has 2 fully saturated rings. The molecule has 1 amide bonds. The predicted octanol–water partition coefficient (Wildman–Crippen LogP) is 3.65. The highest BCUT2D eigenvalue weighted by molar-refractivity contribution is 7.99. The van der Waals surface area contributed by atoms with E-state index >= 15 is 0 Å². The van der Waals surface area contributed by atoms with E-state index in [1.807, 2.05) is 12.1 Å². The number of carbonyl (C=O) groups is 1. The number of hydrogen-bond donors (Lipinski definition) is 0. The molecule has 2 aliphatic rings. The third kappa shape index (κ3) is 3.49. The number of carbonyl (C=O) groups excluding carboxylic acids is 1. The topological polar surface area (TPSA) is 72.1 Å². The zero-order valence-corrected chi connectivity index (χ0v) is 16.3. The van der Waals surface area contributed by atoms with Crippen molar-refractivity contribution in [3.8, 4) is 11.5 Å². The standard InChI is InChI=1S/C19H24N4O2S/c1-18(2)7-14-8-19(3,11-18)12-23(14)15(24)10-26-17-22-21-16(25-17)13-5-4-6-20-9-13/h4-6,9,14H,7-8,10-12H2,1-3H3/t14-,19-/m0/s1. The van der Waals surface area contributed by atoms with Crippen molar-refractivity contribution in [3.63, 3.8) is 0 Å². The van der Waals surface area contributed by atoms with Crippen LogP contribution in [0.5, 0.6) is 0 Å². The maximum Gasteiger partial charge on any atom is 0.277 e. The quantitative estimate of drug-likeness (QED) is 0.763. The molecule has 0 unspecified atom stereocenters. The normalized spacial score (nSPS) is 26.9. The Morgan fingerprint density at radius 3 is 2.96 bits per heavy atom. The molecule has 1 saturated carbocycles. The number of amides is 1. The van der Waals surface area contributed by atoms with Crippen molar-refractivity contribution >= 4 is 17.7 Å². The second-order valence-corrected chi connectivity index (χ2v) is 9.57. The summed E-state index contributed by atoms with van der Waals surface area (Å²) in [5, 5.41) is 8.51. The van der Waals surface area contributed by atoms with Gasteiger partial charge in [-0.25, -0.2) is 0 Å². The van der Waals surface area contributed by atoms with Gasteiger partial charge in [-0.05, 0) is 42.2 Å². The van der Waals surface area contributed by atoms with Crippen molar-refractivity contribution in [2.75, 3.05) is 12.3 Å². The number of likely N-dealkylation sites (tertiary alicyclic amines) is 1. The first-order valence-electron chi connectivity index (χ1n) is 9.00. The number of hydrogen-bond acceptors (Lipinski definition) is 6. The van der Waals surface area contributed by atoms with E-state index in [0.29, 0.717) is 28.3 Å². The number of aromatic nitrogens is 3. The summed E-state index contributed by atoms with van der Waals surface area (Å²) < 4.78 is 5.65. The van der Waals surface area contributed by atoms with E-state index < -0.39 is 0 Å². The monoisotopic (exact) mass is 372 g/mol. The third-order valence-electron chi connectivity index (χ3n) is 5.37. The minimum absolute atomic E-state index is 0.169. The Morgan fingerprint density at radius 2 is 2.19 bits per heavy atom. The fourth-order valence-electron chi connectivity index (χ4n) is 4.83. The van der Waals surface area contributed by atoms with Gasteiger partial charge in [-0.2, -0.15) is 0 Å². The number of thioether (sulfide) groups is 1. The van der Waals surface area contributed by atoms with Crippen LogP contribution in [0.15, 0.2) is 34.2 Å². The summed E-state index contributed by atoms with van der Waals surface area (Å²) >= 11 is 1.31. The van der Waals surface area contributed by atoms with Crippen LogP contribution in [0.1, 0.15) is 40.0 Å². The van der Waals surface area contributed by atoms with Gasteiger partial charge in [0.1, 0.15) is 0 Å². The maximum absolute atomic E-state index is 12.8. The lowest BCUT2D eigenvalue weighted by atomic mass is 9.65. The second kappa shape index (κ2) is 6.37. The zero-order chi connectivity index (χ0) is 18.4. The lowest BCUT2D eigenvalue weighted by Crippen LogP contribution is -2.38. The highest BCUT2D eigenvalue weighted by atomic mass is 32.2. The Balaban J connectivity index is 1.39. The van der Waals surface area contributed by atoms with E-state index in [1.165, 1.54) is 18.2 Å². The number of nitrogens with zero attached hydrogens (tertiary/aromatic N) is 4. The Hall–Kier alpha value is -1.89. The number of pyridine rings is 1. The van der Waals surface area contributed by atoms with Gasteiger partial charge in [0.15, 0.2) is 0 Å². The van der Waals surface area contributed by atoms with Crippen molar-refractivity contribution < 1.29 is 9.21 Å². The Morgan fingerprint density at radius 1 is 1.35 bits per heavy atom. The molecule has 4 rings (SSSR count). The van der Waals surface area contributed by atoms with Crippen LogP contribution in [-0.4, -0.2) is 44.3 Å². The molecule has 1 aliphatic carbocycles. The Labute approximate surface area is 157 Å². The molecule has 0 aromatic carbocycles. The fraction of sp³-hybridized carbons (Fsp3) is 0.579. The molecule has 2 atom stereocenters. The summed E-state index contributed by atoms with van der Waals surface area (Å²) in [7, 11) is 0. The molecule has 0 spiro atoms. The lowest BCUT2D eigenvalue weighted by molar-refractivity contribution is -0.129. The summed E-state index contributed by atoms with van der Waals surface area (Å²) in [6, 6.07) is 4.06. The van der Waals surface area contributed by atoms with Gasteiger partial charge in [-0.15, -0.1) is 10.2 Å². The van der Waals surface area contributed by atoms with Crippen LogP contribution in [0.2, 0.25) is 0 Å². The molecule has 138 valence electrons. The summed E-state index contributed by atoms with van der Waals surface area (Å²) in [6.45, 7) is 7.82. The van der Waals surface area contributed by atoms with E-state index in [4.69, 9.17) is 4.42 Å². The number of fused-ring (bicyclic) bond motifs is 2. The first-order valence-corrected chi connectivity index (χ1v) is 9.98. The van der Waals surface area contributed by atoms with Crippen molar-refractivity contribution in [2.24, 2.45) is 10.8 Å². The maximum atomic E-state index is 12.8. The minimum Gasteiger partial charge on any atom is -0.411 e. The molecule has 0 N–H and O–H groups in total. The zero-order valence-electron chi connectivity index (χ0n) is 15.4. The van der Waals surface area contributed by atoms with E-state index in [9.17, 15) is 4.79 Å². The Bertz CT molecular complexity index is 807. The molecule has 2 bridgehead atoms. The van der Waals surface area contributed by atoms with E-state index in [2.05, 4.69) is 40.9 Å². The van der Waals surface area contributed by atoms with Crippen LogP contribution in [0.3, 0.4) is 0 Å². The molecule has 26 heavy (non-hydrogen) atoms. The van der Waals surface area contributed by atoms with E-state index in [-0.39, 0.29) is 11.3 Å². The van der Waals surface area contributed by atoms with Gasteiger partial charge in [0.2, 0.25) is 11.8 Å². The summed E-state index contributed by atoms with van der Waals surface area (Å²) in [6.07, 6.45) is 6.77. The lowest BCUT2D eigenvalue weighted by Gasteiger charge is -2.39. The molecular weight excluding hydrogens is 348 g/mol. The summed E-state index contributed by atoms with van der Waals surface area (Å²) in [5.41, 5.74) is 1.34. The predicted molar refractivity (Wildman–Crippen MR) is 99.5 cm³/mol. The molecule has 1 aliphatic heterocycles. The molecule has 3 heterocycles. The molecule has 2 aromatic rings. The molecule has 6 nitrogen and oxygen atoms in total. The van der Waals surface area contributed by atoms with Gasteiger partial charge in [0.05, 0.1) is 11.3 Å². The highest BCUT2D eigenvalue weighted by Crippen LogP contribution is 2.52. The van der Waals surface area contributed by atoms with Gasteiger partial charge in [0.25, 0.3) is 5.22 Å². The average molecular weight is 372 g/mol. The van der Waals surface area contributed by atoms with E-state index in [0.717, 1.165) is 24.9 Å². The van der Waals surface area contributed by atoms with Crippen LogP contribution in [-0.2, 0) is 4.79 Å². The van der Waals surface area contributed by atoms with Gasteiger partial charge >= 0.3 is 0 Å². The molecular formula is C19H24N4O2S. The third-order valence-corrected chi connectivity index (χ3v) is 6.17. The molecule has 0 radical (unpaired) electrons. The minimum atomic E-state index is 0.169. The molecule has 1 saturated heterocycles. The summed E-state index contributed by atoms with van der Waals surface area (Å²) in [4.78, 5) is 18.9. The smallest absolute Gasteiger partial charge is 0.277 e. The van der Waals surface area contributed by atoms with Gasteiger partial charge < -0.3 is 9.32 Å². The molecule has 7 heteroatoms. The first kappa shape index (κ1) is 17.5. The van der Waals surface area contributed by atoms with Crippen LogP contribution in [0.4, 0.5) is 0 Å². The van der Waals surface area contributed by atoms with Gasteiger partial charge in [-0.3, -0.25) is 9.78 Å². The van der Waals surface area contributed by atoms with Crippen LogP contribution < -0.4 is 0 Å². The largest absolute Gasteiger partial charge is 0.411 e. The SMILES string of the molecule is CC1(C)C[C@H]2C[C@](C)(CN2C(=O)CSc2nnc(-c3cccnc3)o2)C1. The number of rotatable bonds is 4. The average Bonchev–Trinajstić information content (AvgIpc) is 3.15. The van der Waals surface area contributed by atoms with Gasteiger partial charge in [0, 0.05) is 25.0 Å². The first-order chi connectivity index (χ1) is 12.3. The van der Waals surface area contributed by atoms with Crippen LogP contribution >= 0.6 is 11.8 Å². The van der Waals surface area contributed by atoms with Crippen molar-refractivity contribution in [1.82, 2.24) is 20.1 Å². The van der Waals surface area contributed by atoms with E-state index in [1.54, 1.807) is 12.4 Å². The van der Waals surface area contributed by atoms with Crippen molar-refractivity contribution in [2.45, 2.75) is 51.3 Å².